The number of benzene rings is 4. The van der Waals surface area contributed by atoms with Crippen molar-refractivity contribution < 1.29 is 18.0 Å². The van der Waals surface area contributed by atoms with E-state index in [1.54, 1.807) is 41.3 Å². The van der Waals surface area contributed by atoms with E-state index in [4.69, 9.17) is 0 Å². The molecule has 1 atom stereocenters. The fraction of sp³-hybridized carbons (Fsp3) is 0.273. The van der Waals surface area contributed by atoms with E-state index in [-0.39, 0.29) is 22.8 Å². The Morgan fingerprint density at radius 2 is 1.64 bits per heavy atom. The van der Waals surface area contributed by atoms with Gasteiger partial charge in [-0.2, -0.15) is 0 Å². The zero-order valence-electron chi connectivity index (χ0n) is 24.3. The van der Waals surface area contributed by atoms with Gasteiger partial charge in [0.25, 0.3) is 15.9 Å². The molecule has 2 amide bonds. The first-order valence-electron chi connectivity index (χ1n) is 14.0. The van der Waals surface area contributed by atoms with Crippen LogP contribution in [0, 0.1) is 6.92 Å². The van der Waals surface area contributed by atoms with E-state index in [2.05, 4.69) is 10.0 Å². The van der Waals surface area contributed by atoms with Gasteiger partial charge in [-0.3, -0.25) is 14.3 Å². The smallest absolute Gasteiger partial charge is 0.262 e. The SMILES string of the molecule is Cc1ccccc1C(=O)Nc1cc(S(=O)(=O)Nc2ccc3c(c2)C(N(C)C(=O)CN(C)C)CCC3)c2ccccc2c1. The Morgan fingerprint density at radius 3 is 2.40 bits per heavy atom. The summed E-state index contributed by atoms with van der Waals surface area (Å²) in [5, 5.41) is 4.11. The number of aryl methyl sites for hydroxylation is 2. The first kappa shape index (κ1) is 29.3. The zero-order valence-corrected chi connectivity index (χ0v) is 25.2. The minimum absolute atomic E-state index is 0.0138. The Balaban J connectivity index is 1.47. The van der Waals surface area contributed by atoms with Crippen LogP contribution < -0.4 is 10.0 Å². The molecule has 0 fully saturated rings. The minimum Gasteiger partial charge on any atom is -0.338 e. The maximum absolute atomic E-state index is 13.9. The first-order chi connectivity index (χ1) is 20.0. The number of amides is 2. The molecular weight excluding hydrogens is 548 g/mol. The van der Waals surface area contributed by atoms with Crippen LogP contribution in [0.25, 0.3) is 10.8 Å². The summed E-state index contributed by atoms with van der Waals surface area (Å²) in [4.78, 5) is 29.6. The highest BCUT2D eigenvalue weighted by Gasteiger charge is 2.28. The highest BCUT2D eigenvalue weighted by atomic mass is 32.2. The molecule has 2 N–H and O–H groups in total. The largest absolute Gasteiger partial charge is 0.338 e. The van der Waals surface area contributed by atoms with Crippen LogP contribution in [-0.2, 0) is 21.2 Å². The number of hydrogen-bond acceptors (Lipinski definition) is 5. The van der Waals surface area contributed by atoms with Crippen molar-refractivity contribution in [2.24, 2.45) is 0 Å². The van der Waals surface area contributed by atoms with Crippen molar-refractivity contribution in [1.29, 1.82) is 0 Å². The second-order valence-electron chi connectivity index (χ2n) is 11.1. The van der Waals surface area contributed by atoms with Gasteiger partial charge in [0.05, 0.1) is 17.5 Å². The molecule has 0 spiro atoms. The molecule has 0 saturated carbocycles. The summed E-state index contributed by atoms with van der Waals surface area (Å²) < 4.78 is 30.6. The topological polar surface area (TPSA) is 98.8 Å². The normalized spacial score (nSPS) is 14.8. The van der Waals surface area contributed by atoms with E-state index in [0.717, 1.165) is 36.0 Å². The van der Waals surface area contributed by atoms with Crippen LogP contribution in [0.3, 0.4) is 0 Å². The van der Waals surface area contributed by atoms with Crippen LogP contribution >= 0.6 is 0 Å². The molecule has 218 valence electrons. The molecule has 0 bridgehead atoms. The van der Waals surface area contributed by atoms with Crippen LogP contribution in [0.2, 0.25) is 0 Å². The van der Waals surface area contributed by atoms with E-state index < -0.39 is 10.0 Å². The van der Waals surface area contributed by atoms with Crippen molar-refractivity contribution >= 4 is 44.0 Å². The van der Waals surface area contributed by atoms with Gasteiger partial charge in [-0.1, -0.05) is 48.5 Å². The molecule has 0 radical (unpaired) electrons. The summed E-state index contributed by atoms with van der Waals surface area (Å²) in [7, 11) is 1.48. The van der Waals surface area contributed by atoms with E-state index in [9.17, 15) is 18.0 Å². The number of carbonyl (C=O) groups excluding carboxylic acids is 2. The molecule has 0 aliphatic heterocycles. The molecule has 0 saturated heterocycles. The number of likely N-dealkylation sites (N-methyl/N-ethyl adjacent to an activating group) is 2. The number of fused-ring (bicyclic) bond motifs is 2. The third-order valence-corrected chi connectivity index (χ3v) is 9.18. The molecular formula is C33H36N4O4S. The molecule has 8 nitrogen and oxygen atoms in total. The van der Waals surface area contributed by atoms with Gasteiger partial charge in [-0.05, 0) is 92.7 Å². The third-order valence-electron chi connectivity index (χ3n) is 7.75. The molecule has 1 aliphatic rings. The summed E-state index contributed by atoms with van der Waals surface area (Å²) in [5.41, 5.74) is 4.22. The lowest BCUT2D eigenvalue weighted by Gasteiger charge is -2.34. The maximum atomic E-state index is 13.9. The van der Waals surface area contributed by atoms with Crippen molar-refractivity contribution in [2.45, 2.75) is 37.1 Å². The number of nitrogens with zero attached hydrogens (tertiary/aromatic N) is 2. The summed E-state index contributed by atoms with van der Waals surface area (Å²) in [6, 6.07) is 23.1. The summed E-state index contributed by atoms with van der Waals surface area (Å²) >= 11 is 0. The Hall–Kier alpha value is -4.21. The molecule has 9 heteroatoms. The first-order valence-corrected chi connectivity index (χ1v) is 15.5. The van der Waals surface area contributed by atoms with Crippen molar-refractivity contribution in [2.75, 3.05) is 37.7 Å². The van der Waals surface area contributed by atoms with Crippen LogP contribution in [0.15, 0.2) is 83.8 Å². The number of nitrogens with one attached hydrogen (secondary N) is 2. The lowest BCUT2D eigenvalue weighted by atomic mass is 9.86. The summed E-state index contributed by atoms with van der Waals surface area (Å²) in [6.45, 7) is 2.16. The van der Waals surface area contributed by atoms with Gasteiger partial charge >= 0.3 is 0 Å². The number of sulfonamides is 1. The van der Waals surface area contributed by atoms with Gasteiger partial charge in [0, 0.05) is 29.4 Å². The second kappa shape index (κ2) is 12.0. The van der Waals surface area contributed by atoms with Crippen LogP contribution in [0.1, 0.15) is 45.9 Å². The van der Waals surface area contributed by atoms with Crippen molar-refractivity contribution in [3.05, 3.63) is 101 Å². The van der Waals surface area contributed by atoms with Gasteiger partial charge in [-0.15, -0.1) is 0 Å². The van der Waals surface area contributed by atoms with Crippen LogP contribution in [0.5, 0.6) is 0 Å². The van der Waals surface area contributed by atoms with E-state index in [0.29, 0.717) is 34.3 Å². The standard InChI is InChI=1S/C33H36N4O4S/c1-22-10-5-7-13-27(22)33(39)34-26-18-24-11-6-8-14-28(24)31(20-26)42(40,41)35-25-17-16-23-12-9-15-30(29(23)19-25)37(4)32(38)21-36(2)3/h5-8,10-11,13-14,16-20,30,35H,9,12,15,21H2,1-4H3,(H,34,39). The van der Waals surface area contributed by atoms with Gasteiger partial charge in [0.15, 0.2) is 0 Å². The van der Waals surface area contributed by atoms with Crippen molar-refractivity contribution in [3.8, 4) is 0 Å². The third kappa shape index (κ3) is 6.17. The molecule has 5 rings (SSSR count). The quantitative estimate of drug-likeness (QED) is 0.281. The lowest BCUT2D eigenvalue weighted by molar-refractivity contribution is -0.133. The zero-order chi connectivity index (χ0) is 30.0. The van der Waals surface area contributed by atoms with Crippen LogP contribution in [0.4, 0.5) is 11.4 Å². The van der Waals surface area contributed by atoms with Gasteiger partial charge in [-0.25, -0.2) is 8.42 Å². The Morgan fingerprint density at radius 1 is 0.905 bits per heavy atom. The Labute approximate surface area is 247 Å². The number of anilines is 2. The summed E-state index contributed by atoms with van der Waals surface area (Å²) in [5.74, 6) is -0.298. The highest BCUT2D eigenvalue weighted by Crippen LogP contribution is 2.36. The predicted octanol–water partition coefficient (Wildman–Crippen LogP) is 5.60. The monoisotopic (exact) mass is 584 g/mol. The van der Waals surface area contributed by atoms with Crippen LogP contribution in [-0.4, -0.2) is 57.7 Å². The van der Waals surface area contributed by atoms with Crippen molar-refractivity contribution in [3.63, 3.8) is 0 Å². The second-order valence-corrected chi connectivity index (χ2v) is 12.8. The lowest BCUT2D eigenvalue weighted by Crippen LogP contribution is -2.38. The molecule has 4 aromatic rings. The minimum atomic E-state index is -4.06. The molecule has 42 heavy (non-hydrogen) atoms. The molecule has 0 heterocycles. The Kier molecular flexibility index (Phi) is 8.34. The predicted molar refractivity (Wildman–Crippen MR) is 167 cm³/mol. The molecule has 1 aliphatic carbocycles. The highest BCUT2D eigenvalue weighted by molar-refractivity contribution is 7.93. The fourth-order valence-corrected chi connectivity index (χ4v) is 6.91. The van der Waals surface area contributed by atoms with Gasteiger partial charge < -0.3 is 15.1 Å². The van der Waals surface area contributed by atoms with E-state index >= 15 is 0 Å². The van der Waals surface area contributed by atoms with Gasteiger partial charge in [0.2, 0.25) is 5.91 Å². The fourth-order valence-electron chi connectivity index (χ4n) is 5.60. The van der Waals surface area contributed by atoms with E-state index in [1.165, 1.54) is 6.07 Å². The summed E-state index contributed by atoms with van der Waals surface area (Å²) in [6.07, 6.45) is 2.64. The molecule has 0 aromatic heterocycles. The van der Waals surface area contributed by atoms with Gasteiger partial charge in [0.1, 0.15) is 0 Å². The number of carbonyl (C=O) groups is 2. The average Bonchev–Trinajstić information content (AvgIpc) is 2.95. The Bertz CT molecular complexity index is 1770. The number of hydrogen-bond donors (Lipinski definition) is 2. The maximum Gasteiger partial charge on any atom is 0.262 e. The van der Waals surface area contributed by atoms with E-state index in [1.807, 2.05) is 69.4 Å². The molecule has 4 aromatic carbocycles. The number of rotatable bonds is 8. The average molecular weight is 585 g/mol. The van der Waals surface area contributed by atoms with Crippen molar-refractivity contribution in [1.82, 2.24) is 9.80 Å². The molecule has 1 unspecified atom stereocenters.